The average molecular weight is 262 g/mol. The molecule has 0 radical (unpaired) electrons. The van der Waals surface area contributed by atoms with E-state index in [0.717, 1.165) is 24.9 Å². The molecule has 1 aromatic heterocycles. The Hall–Kier alpha value is -1.09. The molecule has 106 valence electrons. The minimum absolute atomic E-state index is 0.137. The Morgan fingerprint density at radius 3 is 2.58 bits per heavy atom. The molecule has 1 aromatic rings. The first-order valence-corrected chi connectivity index (χ1v) is 7.36. The van der Waals surface area contributed by atoms with Gasteiger partial charge in [0, 0.05) is 24.3 Å². The summed E-state index contributed by atoms with van der Waals surface area (Å²) in [7, 11) is 0. The lowest BCUT2D eigenvalue weighted by atomic mass is 10.1. The second kappa shape index (κ2) is 6.38. The van der Waals surface area contributed by atoms with Gasteiger partial charge in [-0.2, -0.15) is 0 Å². The van der Waals surface area contributed by atoms with Crippen LogP contribution in [-0.4, -0.2) is 17.1 Å². The van der Waals surface area contributed by atoms with E-state index < -0.39 is 0 Å². The minimum Gasteiger partial charge on any atom is -0.477 e. The van der Waals surface area contributed by atoms with E-state index in [1.807, 2.05) is 12.3 Å². The Morgan fingerprint density at radius 2 is 2.00 bits per heavy atom. The maximum atomic E-state index is 5.76. The summed E-state index contributed by atoms with van der Waals surface area (Å²) in [6, 6.07) is 4.07. The molecule has 0 amide bonds. The molecule has 0 spiro atoms. The summed E-state index contributed by atoms with van der Waals surface area (Å²) >= 11 is 0. The van der Waals surface area contributed by atoms with E-state index >= 15 is 0 Å². The maximum absolute atomic E-state index is 5.76. The number of hydrogen-bond acceptors (Lipinski definition) is 3. The molecule has 1 N–H and O–H groups in total. The summed E-state index contributed by atoms with van der Waals surface area (Å²) in [5, 5.41) is 3.45. The standard InChI is InChI=1S/C16H26N2O/c1-16(2,3)18-11-14-8-9-15(17-10-14)19-12-13-6-4-5-7-13/h8-10,13,18H,4-7,11-12H2,1-3H3. The number of rotatable bonds is 5. The smallest absolute Gasteiger partial charge is 0.213 e. The molecular formula is C16H26N2O. The molecule has 0 bridgehead atoms. The van der Waals surface area contributed by atoms with Crippen LogP contribution in [0, 0.1) is 5.92 Å². The molecule has 1 fully saturated rings. The molecule has 1 aliphatic rings. The van der Waals surface area contributed by atoms with Gasteiger partial charge in [-0.15, -0.1) is 0 Å². The van der Waals surface area contributed by atoms with Crippen LogP contribution < -0.4 is 10.1 Å². The van der Waals surface area contributed by atoms with E-state index in [2.05, 4.69) is 37.1 Å². The van der Waals surface area contributed by atoms with E-state index in [9.17, 15) is 0 Å². The topological polar surface area (TPSA) is 34.1 Å². The monoisotopic (exact) mass is 262 g/mol. The van der Waals surface area contributed by atoms with Crippen molar-refractivity contribution >= 4 is 0 Å². The van der Waals surface area contributed by atoms with E-state index in [4.69, 9.17) is 4.74 Å². The first-order chi connectivity index (χ1) is 9.03. The summed E-state index contributed by atoms with van der Waals surface area (Å²) in [5.41, 5.74) is 1.33. The Morgan fingerprint density at radius 1 is 1.26 bits per heavy atom. The Bertz CT molecular complexity index is 375. The Balaban J connectivity index is 1.77. The van der Waals surface area contributed by atoms with Gasteiger partial charge in [0.1, 0.15) is 0 Å². The third-order valence-electron chi connectivity index (χ3n) is 3.56. The normalized spacial score (nSPS) is 16.8. The molecule has 2 rings (SSSR count). The van der Waals surface area contributed by atoms with Crippen LogP contribution in [0.15, 0.2) is 18.3 Å². The second-order valence-electron chi connectivity index (χ2n) is 6.57. The number of nitrogens with zero attached hydrogens (tertiary/aromatic N) is 1. The van der Waals surface area contributed by atoms with Crippen LogP contribution in [0.4, 0.5) is 0 Å². The number of nitrogens with one attached hydrogen (secondary N) is 1. The fraction of sp³-hybridized carbons (Fsp3) is 0.688. The van der Waals surface area contributed by atoms with Crippen molar-refractivity contribution in [1.82, 2.24) is 10.3 Å². The molecule has 1 saturated carbocycles. The zero-order valence-corrected chi connectivity index (χ0v) is 12.4. The predicted octanol–water partition coefficient (Wildman–Crippen LogP) is 3.54. The quantitative estimate of drug-likeness (QED) is 0.881. The third kappa shape index (κ3) is 5.19. The number of hydrogen-bond donors (Lipinski definition) is 1. The molecular weight excluding hydrogens is 236 g/mol. The lowest BCUT2D eigenvalue weighted by Crippen LogP contribution is -2.35. The second-order valence-corrected chi connectivity index (χ2v) is 6.57. The van der Waals surface area contributed by atoms with Crippen LogP contribution in [0.1, 0.15) is 52.0 Å². The number of ether oxygens (including phenoxy) is 1. The van der Waals surface area contributed by atoms with E-state index in [0.29, 0.717) is 0 Å². The fourth-order valence-corrected chi connectivity index (χ4v) is 2.35. The molecule has 1 aliphatic carbocycles. The van der Waals surface area contributed by atoms with Crippen LogP contribution >= 0.6 is 0 Å². The Labute approximate surface area is 116 Å². The van der Waals surface area contributed by atoms with Crippen molar-refractivity contribution in [2.24, 2.45) is 5.92 Å². The molecule has 3 nitrogen and oxygen atoms in total. The molecule has 1 heterocycles. The van der Waals surface area contributed by atoms with Gasteiger partial charge in [-0.25, -0.2) is 4.98 Å². The molecule has 3 heteroatoms. The summed E-state index contributed by atoms with van der Waals surface area (Å²) in [5.74, 6) is 1.50. The summed E-state index contributed by atoms with van der Waals surface area (Å²) < 4.78 is 5.76. The molecule has 0 unspecified atom stereocenters. The minimum atomic E-state index is 0.137. The lowest BCUT2D eigenvalue weighted by Gasteiger charge is -2.20. The highest BCUT2D eigenvalue weighted by Crippen LogP contribution is 2.25. The molecule has 0 aromatic carbocycles. The zero-order chi connectivity index (χ0) is 13.7. The first-order valence-electron chi connectivity index (χ1n) is 7.36. The molecule has 19 heavy (non-hydrogen) atoms. The van der Waals surface area contributed by atoms with Crippen molar-refractivity contribution in [3.05, 3.63) is 23.9 Å². The van der Waals surface area contributed by atoms with Gasteiger partial charge in [0.05, 0.1) is 6.61 Å². The predicted molar refractivity (Wildman–Crippen MR) is 78.3 cm³/mol. The van der Waals surface area contributed by atoms with E-state index in [1.54, 1.807) is 0 Å². The number of aromatic nitrogens is 1. The van der Waals surface area contributed by atoms with Crippen molar-refractivity contribution in [2.45, 2.75) is 58.5 Å². The van der Waals surface area contributed by atoms with Crippen LogP contribution in [0.25, 0.3) is 0 Å². The van der Waals surface area contributed by atoms with Crippen molar-refractivity contribution in [1.29, 1.82) is 0 Å². The molecule has 0 atom stereocenters. The number of pyridine rings is 1. The average Bonchev–Trinajstić information content (AvgIpc) is 2.87. The first kappa shape index (κ1) is 14.3. The van der Waals surface area contributed by atoms with E-state index in [-0.39, 0.29) is 5.54 Å². The summed E-state index contributed by atoms with van der Waals surface area (Å²) in [6.45, 7) is 8.17. The van der Waals surface area contributed by atoms with Crippen LogP contribution in [0.5, 0.6) is 5.88 Å². The van der Waals surface area contributed by atoms with Gasteiger partial charge in [-0.05, 0) is 45.1 Å². The van der Waals surface area contributed by atoms with Crippen LogP contribution in [0.3, 0.4) is 0 Å². The highest BCUT2D eigenvalue weighted by molar-refractivity contribution is 5.17. The molecule has 0 saturated heterocycles. The highest BCUT2D eigenvalue weighted by Gasteiger charge is 2.15. The maximum Gasteiger partial charge on any atom is 0.213 e. The van der Waals surface area contributed by atoms with Gasteiger partial charge in [-0.3, -0.25) is 0 Å². The van der Waals surface area contributed by atoms with Gasteiger partial charge in [0.15, 0.2) is 0 Å². The zero-order valence-electron chi connectivity index (χ0n) is 12.4. The van der Waals surface area contributed by atoms with Crippen molar-refractivity contribution in [3.8, 4) is 5.88 Å². The van der Waals surface area contributed by atoms with Gasteiger partial charge >= 0.3 is 0 Å². The SMILES string of the molecule is CC(C)(C)NCc1ccc(OCC2CCCC2)nc1. The summed E-state index contributed by atoms with van der Waals surface area (Å²) in [6.07, 6.45) is 7.25. The van der Waals surface area contributed by atoms with Crippen molar-refractivity contribution in [2.75, 3.05) is 6.61 Å². The van der Waals surface area contributed by atoms with Gasteiger partial charge in [-0.1, -0.05) is 18.9 Å². The fourth-order valence-electron chi connectivity index (χ4n) is 2.35. The highest BCUT2D eigenvalue weighted by atomic mass is 16.5. The van der Waals surface area contributed by atoms with Crippen molar-refractivity contribution < 1.29 is 4.74 Å². The summed E-state index contributed by atoms with van der Waals surface area (Å²) in [4.78, 5) is 4.38. The van der Waals surface area contributed by atoms with Gasteiger partial charge in [0.2, 0.25) is 5.88 Å². The van der Waals surface area contributed by atoms with Crippen LogP contribution in [-0.2, 0) is 6.54 Å². The van der Waals surface area contributed by atoms with E-state index in [1.165, 1.54) is 31.2 Å². The van der Waals surface area contributed by atoms with Crippen molar-refractivity contribution in [3.63, 3.8) is 0 Å². The van der Waals surface area contributed by atoms with Crippen LogP contribution in [0.2, 0.25) is 0 Å². The third-order valence-corrected chi connectivity index (χ3v) is 3.56. The molecule has 0 aliphatic heterocycles. The van der Waals surface area contributed by atoms with Gasteiger partial charge in [0.25, 0.3) is 0 Å². The largest absolute Gasteiger partial charge is 0.477 e. The van der Waals surface area contributed by atoms with Gasteiger partial charge < -0.3 is 10.1 Å². The Kier molecular flexibility index (Phi) is 4.81. The lowest BCUT2D eigenvalue weighted by molar-refractivity contribution is 0.243.